The van der Waals surface area contributed by atoms with E-state index in [4.69, 9.17) is 4.74 Å². The van der Waals surface area contributed by atoms with Crippen molar-refractivity contribution in [1.82, 2.24) is 9.97 Å². The van der Waals surface area contributed by atoms with Gasteiger partial charge in [0.2, 0.25) is 5.95 Å². The molecule has 0 radical (unpaired) electrons. The van der Waals surface area contributed by atoms with Gasteiger partial charge in [-0.25, -0.2) is 14.8 Å². The Labute approximate surface area is 126 Å². The summed E-state index contributed by atoms with van der Waals surface area (Å²) in [7, 11) is 0. The van der Waals surface area contributed by atoms with Gasteiger partial charge >= 0.3 is 5.97 Å². The minimum absolute atomic E-state index is 0.165. The summed E-state index contributed by atoms with van der Waals surface area (Å²) in [5.74, 6) is 0.579. The summed E-state index contributed by atoms with van der Waals surface area (Å²) in [6, 6.07) is 0. The number of rotatable bonds is 4. The van der Waals surface area contributed by atoms with Crippen LogP contribution in [0.1, 0.15) is 68.4 Å². The summed E-state index contributed by atoms with van der Waals surface area (Å²) < 4.78 is 5.09. The molecule has 21 heavy (non-hydrogen) atoms. The Balaban J connectivity index is 2.28. The van der Waals surface area contributed by atoms with E-state index in [0.29, 0.717) is 12.2 Å². The van der Waals surface area contributed by atoms with Crippen LogP contribution in [0.5, 0.6) is 0 Å². The maximum Gasteiger partial charge on any atom is 0.341 e. The Bertz CT molecular complexity index is 480. The van der Waals surface area contributed by atoms with Gasteiger partial charge in [-0.15, -0.1) is 0 Å². The maximum atomic E-state index is 12.0. The van der Waals surface area contributed by atoms with Gasteiger partial charge in [0.1, 0.15) is 0 Å². The first-order valence-corrected chi connectivity index (χ1v) is 7.92. The van der Waals surface area contributed by atoms with E-state index in [1.807, 2.05) is 13.8 Å². The van der Waals surface area contributed by atoms with E-state index in [2.05, 4.69) is 14.9 Å². The topological polar surface area (TPSA) is 55.3 Å². The van der Waals surface area contributed by atoms with Crippen LogP contribution in [-0.4, -0.2) is 35.6 Å². The molecule has 5 nitrogen and oxygen atoms in total. The lowest BCUT2D eigenvalue weighted by Gasteiger charge is -2.22. The second kappa shape index (κ2) is 7.38. The fourth-order valence-corrected chi connectivity index (χ4v) is 2.61. The molecule has 0 N–H and O–H groups in total. The summed E-state index contributed by atoms with van der Waals surface area (Å²) in [5, 5.41) is 0. The van der Waals surface area contributed by atoms with Gasteiger partial charge in [-0.2, -0.15) is 0 Å². The number of hydrogen-bond acceptors (Lipinski definition) is 5. The van der Waals surface area contributed by atoms with Crippen LogP contribution in [0.4, 0.5) is 5.95 Å². The molecule has 1 fully saturated rings. The van der Waals surface area contributed by atoms with E-state index in [9.17, 15) is 4.79 Å². The highest BCUT2D eigenvalue weighted by Crippen LogP contribution is 2.22. The van der Waals surface area contributed by atoms with E-state index < -0.39 is 0 Å². The molecule has 1 aliphatic rings. The number of anilines is 1. The fraction of sp³-hybridized carbons (Fsp3) is 0.688. The van der Waals surface area contributed by atoms with Gasteiger partial charge < -0.3 is 9.64 Å². The van der Waals surface area contributed by atoms with E-state index in [-0.39, 0.29) is 11.9 Å². The smallest absolute Gasteiger partial charge is 0.341 e. The van der Waals surface area contributed by atoms with Crippen LogP contribution in [0, 0.1) is 0 Å². The zero-order chi connectivity index (χ0) is 15.2. The van der Waals surface area contributed by atoms with Crippen LogP contribution in [0.3, 0.4) is 0 Å². The molecule has 5 heteroatoms. The number of aromatic nitrogens is 2. The number of carbonyl (C=O) groups is 1. The maximum absolute atomic E-state index is 12.0. The van der Waals surface area contributed by atoms with Crippen LogP contribution >= 0.6 is 0 Å². The highest BCUT2D eigenvalue weighted by Gasteiger charge is 2.20. The Kier molecular flexibility index (Phi) is 5.53. The zero-order valence-corrected chi connectivity index (χ0v) is 13.3. The largest absolute Gasteiger partial charge is 0.462 e. The molecule has 0 spiro atoms. The van der Waals surface area contributed by atoms with Crippen molar-refractivity contribution < 1.29 is 9.53 Å². The van der Waals surface area contributed by atoms with E-state index >= 15 is 0 Å². The number of ether oxygens (including phenoxy) is 1. The summed E-state index contributed by atoms with van der Waals surface area (Å²) in [4.78, 5) is 23.3. The van der Waals surface area contributed by atoms with Crippen LogP contribution in [0.25, 0.3) is 0 Å². The molecule has 116 valence electrons. The molecule has 0 amide bonds. The summed E-state index contributed by atoms with van der Waals surface area (Å²) in [5.41, 5.74) is 1.27. The van der Waals surface area contributed by atoms with Crippen molar-refractivity contribution in [2.75, 3.05) is 24.6 Å². The lowest BCUT2D eigenvalue weighted by molar-refractivity contribution is 0.0523. The number of hydrogen-bond donors (Lipinski definition) is 0. The summed E-state index contributed by atoms with van der Waals surface area (Å²) >= 11 is 0. The van der Waals surface area contributed by atoms with E-state index in [1.54, 1.807) is 13.1 Å². The van der Waals surface area contributed by atoms with Crippen LogP contribution in [0.2, 0.25) is 0 Å². The highest BCUT2D eigenvalue weighted by molar-refractivity contribution is 5.90. The summed E-state index contributed by atoms with van der Waals surface area (Å²) in [6.45, 7) is 8.24. The Hall–Kier alpha value is -1.65. The van der Waals surface area contributed by atoms with Gasteiger partial charge in [0.15, 0.2) is 0 Å². The van der Waals surface area contributed by atoms with Crippen LogP contribution in [-0.2, 0) is 4.74 Å². The molecule has 0 aromatic carbocycles. The minimum atomic E-state index is -0.330. The van der Waals surface area contributed by atoms with Gasteiger partial charge in [0.05, 0.1) is 17.9 Å². The Morgan fingerprint density at radius 3 is 2.52 bits per heavy atom. The Morgan fingerprint density at radius 2 is 1.95 bits per heavy atom. The minimum Gasteiger partial charge on any atom is -0.462 e. The van der Waals surface area contributed by atoms with Crippen molar-refractivity contribution >= 4 is 11.9 Å². The van der Waals surface area contributed by atoms with Gasteiger partial charge in [-0.05, 0) is 25.7 Å². The predicted molar refractivity (Wildman–Crippen MR) is 82.8 cm³/mol. The molecule has 0 unspecified atom stereocenters. The standard InChI is InChI=1S/C16H25N3O2/c1-4-21-15(20)13-11-17-16(18-14(13)12(2)3)19-9-7-5-6-8-10-19/h11-12H,4-10H2,1-3H3. The van der Waals surface area contributed by atoms with Crippen LogP contribution in [0.15, 0.2) is 6.20 Å². The third-order valence-electron chi connectivity index (χ3n) is 3.74. The van der Waals surface area contributed by atoms with Gasteiger partial charge in [0.25, 0.3) is 0 Å². The number of esters is 1. The third kappa shape index (κ3) is 3.93. The molecular formula is C16H25N3O2. The number of carbonyl (C=O) groups excluding carboxylic acids is 1. The first-order valence-electron chi connectivity index (χ1n) is 7.92. The average molecular weight is 291 g/mol. The SMILES string of the molecule is CCOC(=O)c1cnc(N2CCCCCC2)nc1C(C)C. The molecule has 2 rings (SSSR count). The average Bonchev–Trinajstić information content (AvgIpc) is 2.76. The molecule has 1 aliphatic heterocycles. The molecule has 2 heterocycles. The second-order valence-corrected chi connectivity index (χ2v) is 5.75. The monoisotopic (exact) mass is 291 g/mol. The lowest BCUT2D eigenvalue weighted by Crippen LogP contribution is -2.27. The zero-order valence-electron chi connectivity index (χ0n) is 13.3. The van der Waals surface area contributed by atoms with Gasteiger partial charge in [-0.3, -0.25) is 0 Å². The van der Waals surface area contributed by atoms with Gasteiger partial charge in [0, 0.05) is 19.3 Å². The lowest BCUT2D eigenvalue weighted by atomic mass is 10.1. The molecular weight excluding hydrogens is 266 g/mol. The van der Waals surface area contributed by atoms with Crippen molar-refractivity contribution in [3.63, 3.8) is 0 Å². The normalized spacial score (nSPS) is 15.9. The van der Waals surface area contributed by atoms with Crippen molar-refractivity contribution in [3.05, 3.63) is 17.5 Å². The molecule has 1 aromatic rings. The second-order valence-electron chi connectivity index (χ2n) is 5.75. The van der Waals surface area contributed by atoms with Crippen molar-refractivity contribution in [3.8, 4) is 0 Å². The van der Waals surface area contributed by atoms with E-state index in [1.165, 1.54) is 25.7 Å². The molecule has 0 bridgehead atoms. The van der Waals surface area contributed by atoms with Crippen molar-refractivity contribution in [1.29, 1.82) is 0 Å². The Morgan fingerprint density at radius 1 is 1.29 bits per heavy atom. The molecule has 0 aliphatic carbocycles. The third-order valence-corrected chi connectivity index (χ3v) is 3.74. The molecule has 0 saturated carbocycles. The quantitative estimate of drug-likeness (QED) is 0.798. The van der Waals surface area contributed by atoms with Crippen molar-refractivity contribution in [2.24, 2.45) is 0 Å². The van der Waals surface area contributed by atoms with E-state index in [0.717, 1.165) is 24.7 Å². The number of nitrogens with zero attached hydrogens (tertiary/aromatic N) is 3. The van der Waals surface area contributed by atoms with Crippen LogP contribution < -0.4 is 4.90 Å². The highest BCUT2D eigenvalue weighted by atomic mass is 16.5. The van der Waals surface area contributed by atoms with Gasteiger partial charge in [-0.1, -0.05) is 26.7 Å². The summed E-state index contributed by atoms with van der Waals surface area (Å²) in [6.07, 6.45) is 6.53. The first-order chi connectivity index (χ1) is 10.1. The molecule has 1 aromatic heterocycles. The molecule has 0 atom stereocenters. The fourth-order valence-electron chi connectivity index (χ4n) is 2.61. The molecule has 1 saturated heterocycles. The van der Waals surface area contributed by atoms with Crippen molar-refractivity contribution in [2.45, 2.75) is 52.4 Å². The first kappa shape index (κ1) is 15.7. The predicted octanol–water partition coefficient (Wildman–Crippen LogP) is 3.16.